The number of alkyl halides is 2. The van der Waals surface area contributed by atoms with E-state index in [4.69, 9.17) is 27.9 Å². The number of methoxy groups -OCH3 is 1. The smallest absolute Gasteiger partial charge is 0.399 e. The van der Waals surface area contributed by atoms with E-state index in [0.717, 1.165) is 17.7 Å². The molecule has 0 saturated heterocycles. The van der Waals surface area contributed by atoms with Gasteiger partial charge in [0, 0.05) is 11.1 Å². The molecule has 4 aromatic rings. The molecular weight excluding hydrogens is 632 g/mol. The van der Waals surface area contributed by atoms with Crippen LogP contribution >= 0.6 is 30.8 Å². The molecule has 228 valence electrons. The van der Waals surface area contributed by atoms with Gasteiger partial charge in [-0.3, -0.25) is 9.36 Å². The summed E-state index contributed by atoms with van der Waals surface area (Å²) in [4.78, 5) is 45.1. The number of esters is 1. The van der Waals surface area contributed by atoms with Crippen molar-refractivity contribution in [2.75, 3.05) is 7.11 Å². The molecule has 1 unspecified atom stereocenters. The number of benzene rings is 4. The zero-order valence-corrected chi connectivity index (χ0v) is 25.7. The number of halogens is 4. The van der Waals surface area contributed by atoms with Crippen LogP contribution in [0.15, 0.2) is 103 Å². The van der Waals surface area contributed by atoms with Gasteiger partial charge in [0.15, 0.2) is 5.78 Å². The van der Waals surface area contributed by atoms with Crippen molar-refractivity contribution in [2.24, 2.45) is 0 Å². The molecule has 0 amide bonds. The maximum Gasteiger partial charge on any atom is 0.399 e. The van der Waals surface area contributed by atoms with Gasteiger partial charge in [-0.1, -0.05) is 102 Å². The molecule has 11 heteroatoms. The van der Waals surface area contributed by atoms with Gasteiger partial charge in [-0.15, -0.1) is 0 Å². The molecular formula is C33H27Cl2F2O6P. The van der Waals surface area contributed by atoms with E-state index in [2.05, 4.69) is 0 Å². The van der Waals surface area contributed by atoms with Crippen LogP contribution in [0.5, 0.6) is 0 Å². The Labute approximate surface area is 263 Å². The maximum atomic E-state index is 14.6. The molecule has 4 rings (SSSR count). The van der Waals surface area contributed by atoms with Gasteiger partial charge < -0.3 is 14.5 Å². The van der Waals surface area contributed by atoms with Crippen LogP contribution in [0.2, 0.25) is 10.0 Å². The standard InChI is InChI=1S/C33H27Cl2F2O6P/c1-43-31(39)24-11-16-26(17-12-24)32(19-5-8-22-6-3-2-4-7-22,30(38)25-13-18-28(34)29(35)20-25)21-23-9-14-27(15-10-23)33(36,37)44(40,41)42/h2-18,20H,19,21H2,1H3,(H2,40,41,42)/b8-5+. The van der Waals surface area contributed by atoms with Gasteiger partial charge in [-0.2, -0.15) is 8.78 Å². The largest absolute Gasteiger partial charge is 0.465 e. The van der Waals surface area contributed by atoms with E-state index in [1.165, 1.54) is 43.5 Å². The molecule has 0 aliphatic rings. The third-order valence-electron chi connectivity index (χ3n) is 7.22. The lowest BCUT2D eigenvalue weighted by atomic mass is 9.68. The fraction of sp³-hybridized carbons (Fsp3) is 0.152. The topological polar surface area (TPSA) is 101 Å². The normalized spacial score (nSPS) is 13.4. The average molecular weight is 659 g/mol. The molecule has 0 saturated carbocycles. The van der Waals surface area contributed by atoms with E-state index in [0.29, 0.717) is 11.1 Å². The van der Waals surface area contributed by atoms with Crippen LogP contribution < -0.4 is 0 Å². The summed E-state index contributed by atoms with van der Waals surface area (Å²) in [5.41, 5.74) is -4.26. The first-order chi connectivity index (χ1) is 20.8. The van der Waals surface area contributed by atoms with Gasteiger partial charge in [-0.05, 0) is 59.9 Å². The van der Waals surface area contributed by atoms with Crippen molar-refractivity contribution in [1.29, 1.82) is 0 Å². The first kappa shape index (κ1) is 33.2. The van der Waals surface area contributed by atoms with E-state index in [1.807, 2.05) is 42.5 Å². The Kier molecular flexibility index (Phi) is 10.2. The van der Waals surface area contributed by atoms with Crippen LogP contribution in [0.25, 0.3) is 6.08 Å². The summed E-state index contributed by atoms with van der Waals surface area (Å²) < 4.78 is 45.0. The third kappa shape index (κ3) is 7.17. The molecule has 0 heterocycles. The van der Waals surface area contributed by atoms with Gasteiger partial charge in [0.1, 0.15) is 0 Å². The monoisotopic (exact) mass is 658 g/mol. The summed E-state index contributed by atoms with van der Waals surface area (Å²) in [6, 6.07) is 24.7. The Morgan fingerprint density at radius 2 is 1.43 bits per heavy atom. The molecule has 0 aromatic heterocycles. The van der Waals surface area contributed by atoms with E-state index < -0.39 is 30.2 Å². The highest BCUT2D eigenvalue weighted by Crippen LogP contribution is 2.59. The lowest BCUT2D eigenvalue weighted by molar-refractivity contribution is 0.0564. The number of carbonyl (C=O) groups excluding carboxylic acids is 2. The number of carbonyl (C=O) groups is 2. The van der Waals surface area contributed by atoms with Crippen LogP contribution in [0.4, 0.5) is 8.78 Å². The van der Waals surface area contributed by atoms with E-state index in [1.54, 1.807) is 18.2 Å². The molecule has 2 N–H and O–H groups in total. The van der Waals surface area contributed by atoms with Crippen molar-refractivity contribution in [2.45, 2.75) is 23.9 Å². The number of ether oxygens (including phenoxy) is 1. The Morgan fingerprint density at radius 3 is 2.00 bits per heavy atom. The minimum Gasteiger partial charge on any atom is -0.465 e. The Morgan fingerprint density at radius 1 is 0.841 bits per heavy atom. The minimum absolute atomic E-state index is 0.00938. The van der Waals surface area contributed by atoms with Crippen LogP contribution in [-0.2, 0) is 26.8 Å². The zero-order chi connectivity index (χ0) is 32.1. The van der Waals surface area contributed by atoms with E-state index in [9.17, 15) is 32.7 Å². The Bertz CT molecular complexity index is 1720. The highest BCUT2D eigenvalue weighted by Gasteiger charge is 2.50. The van der Waals surface area contributed by atoms with Crippen molar-refractivity contribution in [3.05, 3.63) is 147 Å². The number of rotatable bonds is 11. The summed E-state index contributed by atoms with van der Waals surface area (Å²) in [7, 11) is -4.52. The minimum atomic E-state index is -5.78. The van der Waals surface area contributed by atoms with Crippen LogP contribution in [-0.4, -0.2) is 28.6 Å². The third-order valence-corrected chi connectivity index (χ3v) is 8.95. The van der Waals surface area contributed by atoms with Crippen LogP contribution in [0, 0.1) is 0 Å². The molecule has 0 radical (unpaired) electrons. The van der Waals surface area contributed by atoms with Crippen molar-refractivity contribution >= 4 is 48.6 Å². The lowest BCUT2D eigenvalue weighted by Gasteiger charge is -2.33. The SMILES string of the molecule is COC(=O)c1ccc(C(C/C=C/c2ccccc2)(Cc2ccc(C(F)(F)P(=O)(O)O)cc2)C(=O)c2ccc(Cl)c(Cl)c2)cc1. The number of ketones is 1. The number of Topliss-reactive ketones (excluding diaryl/α,β-unsaturated/α-hetero) is 1. The molecule has 0 fully saturated rings. The Balaban J connectivity index is 1.88. The second kappa shape index (κ2) is 13.6. The predicted molar refractivity (Wildman–Crippen MR) is 166 cm³/mol. The summed E-state index contributed by atoms with van der Waals surface area (Å²) in [5, 5.41) is 0.415. The summed E-state index contributed by atoms with van der Waals surface area (Å²) in [6.07, 6.45) is 3.81. The molecule has 0 bridgehead atoms. The maximum absolute atomic E-state index is 14.6. The molecule has 0 aliphatic heterocycles. The van der Waals surface area contributed by atoms with E-state index in [-0.39, 0.29) is 39.8 Å². The fourth-order valence-electron chi connectivity index (χ4n) is 4.85. The second-order valence-corrected chi connectivity index (χ2v) is 12.5. The highest BCUT2D eigenvalue weighted by atomic mass is 35.5. The number of hydrogen-bond acceptors (Lipinski definition) is 4. The quantitative estimate of drug-likeness (QED) is 0.0952. The highest BCUT2D eigenvalue weighted by molar-refractivity contribution is 7.52. The molecule has 1 atom stereocenters. The fourth-order valence-corrected chi connectivity index (χ4v) is 5.64. The summed E-state index contributed by atoms with van der Waals surface area (Å²) >= 11 is 12.4. The number of allylic oxidation sites excluding steroid dienone is 1. The van der Waals surface area contributed by atoms with Gasteiger partial charge >= 0.3 is 19.2 Å². The Hall–Kier alpha value is -3.65. The molecule has 44 heavy (non-hydrogen) atoms. The lowest BCUT2D eigenvalue weighted by Crippen LogP contribution is -2.38. The first-order valence-corrected chi connectivity index (χ1v) is 15.6. The van der Waals surface area contributed by atoms with Crippen LogP contribution in [0.1, 0.15) is 49.4 Å². The summed E-state index contributed by atoms with van der Waals surface area (Å²) in [5.74, 6) is -0.923. The molecule has 4 aromatic carbocycles. The number of hydrogen-bond donors (Lipinski definition) is 2. The first-order valence-electron chi connectivity index (χ1n) is 13.2. The summed E-state index contributed by atoms with van der Waals surface area (Å²) in [6.45, 7) is 0. The molecule has 6 nitrogen and oxygen atoms in total. The molecule has 0 aliphatic carbocycles. The van der Waals surface area contributed by atoms with Gasteiger partial charge in [0.05, 0.1) is 28.1 Å². The average Bonchev–Trinajstić information content (AvgIpc) is 3.01. The second-order valence-electron chi connectivity index (χ2n) is 10.1. The van der Waals surface area contributed by atoms with Gasteiger partial charge in [-0.25, -0.2) is 4.79 Å². The van der Waals surface area contributed by atoms with Gasteiger partial charge in [0.2, 0.25) is 0 Å². The van der Waals surface area contributed by atoms with Crippen molar-refractivity contribution < 1.29 is 37.5 Å². The molecule has 0 spiro atoms. The zero-order valence-electron chi connectivity index (χ0n) is 23.3. The van der Waals surface area contributed by atoms with Crippen molar-refractivity contribution in [1.82, 2.24) is 0 Å². The van der Waals surface area contributed by atoms with Crippen molar-refractivity contribution in [3.63, 3.8) is 0 Å². The van der Waals surface area contributed by atoms with Crippen LogP contribution in [0.3, 0.4) is 0 Å². The predicted octanol–water partition coefficient (Wildman–Crippen LogP) is 8.47. The van der Waals surface area contributed by atoms with Crippen molar-refractivity contribution in [3.8, 4) is 0 Å². The van der Waals surface area contributed by atoms with E-state index >= 15 is 0 Å². The van der Waals surface area contributed by atoms with Gasteiger partial charge in [0.25, 0.3) is 0 Å².